The van der Waals surface area contributed by atoms with Crippen molar-refractivity contribution in [2.75, 3.05) is 0 Å². The van der Waals surface area contributed by atoms with Crippen molar-refractivity contribution in [3.05, 3.63) is 75.7 Å². The molecule has 4 rings (SSSR count). The maximum atomic E-state index is 13.1. The first-order chi connectivity index (χ1) is 13.5. The lowest BCUT2D eigenvalue weighted by atomic mass is 10.00. The Morgan fingerprint density at radius 3 is 2.64 bits per heavy atom. The van der Waals surface area contributed by atoms with Gasteiger partial charge >= 0.3 is 0 Å². The molecule has 0 unspecified atom stereocenters. The van der Waals surface area contributed by atoms with Gasteiger partial charge in [0, 0.05) is 17.3 Å². The number of H-pyrrole nitrogens is 1. The van der Waals surface area contributed by atoms with Crippen LogP contribution in [-0.2, 0) is 6.54 Å². The Morgan fingerprint density at radius 1 is 1.21 bits per heavy atom. The number of hydrogen-bond acceptors (Lipinski definition) is 4. The van der Waals surface area contributed by atoms with Crippen molar-refractivity contribution >= 4 is 5.65 Å². The van der Waals surface area contributed by atoms with Gasteiger partial charge in [-0.15, -0.1) is 0 Å². The molecule has 0 saturated heterocycles. The van der Waals surface area contributed by atoms with Crippen molar-refractivity contribution in [3.63, 3.8) is 0 Å². The Balaban J connectivity index is 1.81. The second-order valence-electron chi connectivity index (χ2n) is 6.86. The van der Waals surface area contributed by atoms with Crippen LogP contribution in [0.2, 0.25) is 0 Å². The Hall–Kier alpha value is -3.73. The highest BCUT2D eigenvalue weighted by atomic mass is 19.1. The van der Waals surface area contributed by atoms with Gasteiger partial charge in [-0.1, -0.05) is 26.0 Å². The third-order valence-corrected chi connectivity index (χ3v) is 4.58. The molecule has 3 aromatic heterocycles. The van der Waals surface area contributed by atoms with Crippen LogP contribution in [0.25, 0.3) is 16.9 Å². The molecule has 7 nitrogen and oxygen atoms in total. The van der Waals surface area contributed by atoms with Crippen LogP contribution in [-0.4, -0.2) is 24.4 Å². The van der Waals surface area contributed by atoms with Crippen molar-refractivity contribution in [2.45, 2.75) is 26.3 Å². The molecular formula is C20H17FN6O. The fraction of sp³-hybridized carbons (Fsp3) is 0.200. The van der Waals surface area contributed by atoms with Crippen molar-refractivity contribution in [1.82, 2.24) is 24.4 Å². The summed E-state index contributed by atoms with van der Waals surface area (Å²) < 4.78 is 16.0. The van der Waals surface area contributed by atoms with Gasteiger partial charge in [-0.25, -0.2) is 4.39 Å². The highest BCUT2D eigenvalue weighted by Crippen LogP contribution is 2.26. The first kappa shape index (κ1) is 17.7. The van der Waals surface area contributed by atoms with Gasteiger partial charge in [-0.05, 0) is 23.6 Å². The Bertz CT molecular complexity index is 1260. The monoisotopic (exact) mass is 376 g/mol. The third kappa shape index (κ3) is 2.97. The number of nitrogens with zero attached hydrogens (tertiary/aromatic N) is 5. The van der Waals surface area contributed by atoms with Gasteiger partial charge in [-0.3, -0.25) is 9.48 Å². The molecule has 0 aliphatic rings. The highest BCUT2D eigenvalue weighted by molar-refractivity contribution is 5.67. The van der Waals surface area contributed by atoms with Crippen LogP contribution < -0.4 is 5.56 Å². The number of halogens is 1. The lowest BCUT2D eigenvalue weighted by molar-refractivity contribution is 0.624. The standard InChI is InChI=1S/C20H17FN6O/c1-12(2)17-18(25-19-14(7-22)8-24-27(19)20(17)28)15-9-23-26(11-15)10-13-3-5-16(21)6-4-13/h3-6,8-9,11-12,25H,10H2,1-2H3. The average molecular weight is 376 g/mol. The molecule has 0 atom stereocenters. The van der Waals surface area contributed by atoms with E-state index in [1.807, 2.05) is 26.1 Å². The zero-order valence-electron chi connectivity index (χ0n) is 15.3. The molecule has 28 heavy (non-hydrogen) atoms. The van der Waals surface area contributed by atoms with E-state index < -0.39 is 0 Å². The van der Waals surface area contributed by atoms with E-state index >= 15 is 0 Å². The zero-order valence-corrected chi connectivity index (χ0v) is 15.3. The summed E-state index contributed by atoms with van der Waals surface area (Å²) in [5.74, 6) is -0.343. The molecule has 3 heterocycles. The predicted octanol–water partition coefficient (Wildman–Crippen LogP) is 3.07. The number of rotatable bonds is 4. The molecule has 0 fully saturated rings. The summed E-state index contributed by atoms with van der Waals surface area (Å²) in [5.41, 5.74) is 3.23. The van der Waals surface area contributed by atoms with Gasteiger partial charge < -0.3 is 4.98 Å². The first-order valence-electron chi connectivity index (χ1n) is 8.79. The fourth-order valence-corrected chi connectivity index (χ4v) is 3.23. The van der Waals surface area contributed by atoms with Crippen molar-refractivity contribution in [2.24, 2.45) is 0 Å². The van der Waals surface area contributed by atoms with Crippen LogP contribution in [0.4, 0.5) is 4.39 Å². The number of fused-ring (bicyclic) bond motifs is 1. The van der Waals surface area contributed by atoms with E-state index in [-0.39, 0.29) is 17.3 Å². The molecule has 0 spiro atoms. The van der Waals surface area contributed by atoms with Gasteiger partial charge in [0.25, 0.3) is 5.56 Å². The fourth-order valence-electron chi connectivity index (χ4n) is 3.23. The SMILES string of the molecule is CC(C)c1c(-c2cnn(Cc3ccc(F)cc3)c2)[nH]c2c(C#N)cnn2c1=O. The minimum atomic E-state index is -0.286. The molecule has 0 bridgehead atoms. The summed E-state index contributed by atoms with van der Waals surface area (Å²) >= 11 is 0. The number of nitrogens with one attached hydrogen (secondary N) is 1. The summed E-state index contributed by atoms with van der Waals surface area (Å²) in [6, 6.07) is 8.27. The maximum Gasteiger partial charge on any atom is 0.278 e. The summed E-state index contributed by atoms with van der Waals surface area (Å²) in [4.78, 5) is 16.1. The van der Waals surface area contributed by atoms with Gasteiger partial charge in [-0.2, -0.15) is 20.0 Å². The Kier molecular flexibility index (Phi) is 4.28. The molecule has 0 aliphatic heterocycles. The maximum absolute atomic E-state index is 13.1. The lowest BCUT2D eigenvalue weighted by Crippen LogP contribution is -2.22. The van der Waals surface area contributed by atoms with Gasteiger partial charge in [0.05, 0.1) is 24.6 Å². The minimum Gasteiger partial charge on any atom is -0.338 e. The van der Waals surface area contributed by atoms with E-state index in [1.165, 1.54) is 22.8 Å². The summed E-state index contributed by atoms with van der Waals surface area (Å²) in [5, 5.41) is 17.7. The smallest absolute Gasteiger partial charge is 0.278 e. The second-order valence-corrected chi connectivity index (χ2v) is 6.86. The molecule has 140 valence electrons. The van der Waals surface area contributed by atoms with Gasteiger partial charge in [0.2, 0.25) is 0 Å². The van der Waals surface area contributed by atoms with E-state index in [4.69, 9.17) is 0 Å². The van der Waals surface area contributed by atoms with Gasteiger partial charge in [0.1, 0.15) is 17.4 Å². The highest BCUT2D eigenvalue weighted by Gasteiger charge is 2.20. The van der Waals surface area contributed by atoms with Crippen LogP contribution in [0.3, 0.4) is 0 Å². The molecule has 8 heteroatoms. The van der Waals surface area contributed by atoms with E-state index in [0.29, 0.717) is 29.0 Å². The number of benzene rings is 1. The predicted molar refractivity (Wildman–Crippen MR) is 101 cm³/mol. The molecule has 1 aromatic carbocycles. The van der Waals surface area contributed by atoms with Gasteiger partial charge in [0.15, 0.2) is 5.65 Å². The molecule has 1 N–H and O–H groups in total. The molecule has 4 aromatic rings. The molecule has 0 saturated carbocycles. The van der Waals surface area contributed by atoms with E-state index in [1.54, 1.807) is 23.0 Å². The molecule has 0 amide bonds. The normalized spacial score (nSPS) is 11.2. The van der Waals surface area contributed by atoms with Crippen LogP contribution in [0.5, 0.6) is 0 Å². The number of aromatic amines is 1. The van der Waals surface area contributed by atoms with E-state index in [9.17, 15) is 14.4 Å². The number of aromatic nitrogens is 5. The van der Waals surface area contributed by atoms with Crippen LogP contribution in [0, 0.1) is 17.1 Å². The summed E-state index contributed by atoms with van der Waals surface area (Å²) in [6.45, 7) is 4.33. The third-order valence-electron chi connectivity index (χ3n) is 4.58. The van der Waals surface area contributed by atoms with E-state index in [0.717, 1.165) is 11.1 Å². The first-order valence-corrected chi connectivity index (χ1v) is 8.79. The Morgan fingerprint density at radius 2 is 1.96 bits per heavy atom. The lowest BCUT2D eigenvalue weighted by Gasteiger charge is -2.11. The summed E-state index contributed by atoms with van der Waals surface area (Å²) in [6.07, 6.45) is 4.86. The minimum absolute atomic E-state index is 0.0571. The quantitative estimate of drug-likeness (QED) is 0.592. The second kappa shape index (κ2) is 6.78. The van der Waals surface area contributed by atoms with Crippen molar-refractivity contribution < 1.29 is 4.39 Å². The zero-order chi connectivity index (χ0) is 19.8. The number of hydrogen-bond donors (Lipinski definition) is 1. The van der Waals surface area contributed by atoms with Crippen molar-refractivity contribution in [3.8, 4) is 17.3 Å². The van der Waals surface area contributed by atoms with Crippen LogP contribution in [0.1, 0.15) is 36.5 Å². The average Bonchev–Trinajstić information content (AvgIpc) is 3.30. The molecule has 0 radical (unpaired) electrons. The summed E-state index contributed by atoms with van der Waals surface area (Å²) in [7, 11) is 0. The number of nitriles is 1. The van der Waals surface area contributed by atoms with Crippen LogP contribution in [0.15, 0.2) is 47.7 Å². The topological polar surface area (TPSA) is 91.8 Å². The van der Waals surface area contributed by atoms with Crippen molar-refractivity contribution in [1.29, 1.82) is 5.26 Å². The molecule has 0 aliphatic carbocycles. The Labute approximate surface area is 159 Å². The largest absolute Gasteiger partial charge is 0.338 e. The molecular weight excluding hydrogens is 359 g/mol. The van der Waals surface area contributed by atoms with Crippen LogP contribution >= 0.6 is 0 Å². The van der Waals surface area contributed by atoms with E-state index in [2.05, 4.69) is 15.2 Å².